The first-order valence-corrected chi connectivity index (χ1v) is 9.71. The molecule has 132 valence electrons. The Kier molecular flexibility index (Phi) is 6.33. The third-order valence-corrected chi connectivity index (χ3v) is 5.78. The lowest BCUT2D eigenvalue weighted by Gasteiger charge is -2.34. The van der Waals surface area contributed by atoms with Crippen LogP contribution in [0.1, 0.15) is 63.0 Å². The van der Waals surface area contributed by atoms with Crippen molar-refractivity contribution in [2.45, 2.75) is 57.4 Å². The van der Waals surface area contributed by atoms with E-state index in [0.29, 0.717) is 25.2 Å². The van der Waals surface area contributed by atoms with Crippen molar-refractivity contribution in [1.29, 1.82) is 0 Å². The molecule has 1 saturated heterocycles. The number of hydrogen-bond donors (Lipinski definition) is 2. The molecule has 1 aromatic carbocycles. The van der Waals surface area contributed by atoms with Crippen molar-refractivity contribution in [1.82, 2.24) is 5.32 Å². The second kappa shape index (κ2) is 8.06. The molecule has 0 saturated carbocycles. The largest absolute Gasteiger partial charge is 0.480 e. The van der Waals surface area contributed by atoms with Crippen molar-refractivity contribution < 1.29 is 14.7 Å². The zero-order chi connectivity index (χ0) is 17.7. The molecule has 0 aliphatic carbocycles. The van der Waals surface area contributed by atoms with Gasteiger partial charge in [-0.05, 0) is 47.3 Å². The second-order valence-electron chi connectivity index (χ2n) is 6.97. The molecule has 2 rings (SSSR count). The van der Waals surface area contributed by atoms with E-state index in [2.05, 4.69) is 43.4 Å². The smallest absolute Gasteiger partial charge is 0.329 e. The van der Waals surface area contributed by atoms with E-state index in [0.717, 1.165) is 17.1 Å². The summed E-state index contributed by atoms with van der Waals surface area (Å²) < 4.78 is 0. The Morgan fingerprint density at radius 2 is 1.67 bits per heavy atom. The molecule has 24 heavy (non-hydrogen) atoms. The van der Waals surface area contributed by atoms with Gasteiger partial charge in [0.2, 0.25) is 5.91 Å². The number of aliphatic carboxylic acids is 1. The van der Waals surface area contributed by atoms with Crippen LogP contribution in [0.5, 0.6) is 0 Å². The maximum Gasteiger partial charge on any atom is 0.329 e. The van der Waals surface area contributed by atoms with Gasteiger partial charge in [-0.2, -0.15) is 11.8 Å². The van der Waals surface area contributed by atoms with Crippen LogP contribution in [0.3, 0.4) is 0 Å². The number of hydrogen-bond acceptors (Lipinski definition) is 3. The molecule has 4 nitrogen and oxygen atoms in total. The van der Waals surface area contributed by atoms with Crippen LogP contribution < -0.4 is 5.32 Å². The zero-order valence-corrected chi connectivity index (χ0v) is 15.5. The quantitative estimate of drug-likeness (QED) is 0.820. The predicted molar refractivity (Wildman–Crippen MR) is 98.6 cm³/mol. The minimum atomic E-state index is -1.08. The fourth-order valence-corrected chi connectivity index (χ4v) is 4.23. The van der Waals surface area contributed by atoms with Gasteiger partial charge in [0.15, 0.2) is 0 Å². The maximum atomic E-state index is 12.4. The highest BCUT2D eigenvalue weighted by Crippen LogP contribution is 2.28. The highest BCUT2D eigenvalue weighted by molar-refractivity contribution is 7.99. The highest BCUT2D eigenvalue weighted by Gasteiger charge is 2.41. The third kappa shape index (κ3) is 4.53. The van der Waals surface area contributed by atoms with Gasteiger partial charge in [-0.25, -0.2) is 4.79 Å². The van der Waals surface area contributed by atoms with E-state index in [1.807, 2.05) is 6.92 Å². The highest BCUT2D eigenvalue weighted by atomic mass is 32.2. The summed E-state index contributed by atoms with van der Waals surface area (Å²) in [5, 5.41) is 12.4. The Bertz CT molecular complexity index is 577. The molecule has 1 fully saturated rings. The standard InChI is InChI=1S/C19H27NO3S/c1-13(2)15-4-6-16(7-5-15)14(3)12-17(21)20-19(18(22)23)8-10-24-11-9-19/h4-7,13-14H,8-12H2,1-3H3,(H,20,21)(H,22,23). The van der Waals surface area contributed by atoms with Gasteiger partial charge in [-0.1, -0.05) is 45.0 Å². The number of nitrogens with one attached hydrogen (secondary N) is 1. The van der Waals surface area contributed by atoms with Crippen LogP contribution in [0.15, 0.2) is 24.3 Å². The molecule has 1 atom stereocenters. The molecule has 1 amide bonds. The molecule has 0 bridgehead atoms. The molecule has 1 aliphatic heterocycles. The van der Waals surface area contributed by atoms with Crippen LogP contribution in [0.4, 0.5) is 0 Å². The lowest BCUT2D eigenvalue weighted by atomic mass is 9.90. The second-order valence-corrected chi connectivity index (χ2v) is 8.20. The number of carbonyl (C=O) groups is 2. The molecule has 5 heteroatoms. The molecule has 1 unspecified atom stereocenters. The van der Waals surface area contributed by atoms with Gasteiger partial charge in [0.1, 0.15) is 5.54 Å². The van der Waals surface area contributed by atoms with E-state index >= 15 is 0 Å². The van der Waals surface area contributed by atoms with Crippen molar-refractivity contribution in [3.63, 3.8) is 0 Å². The third-order valence-electron chi connectivity index (χ3n) is 4.80. The van der Waals surface area contributed by atoms with Gasteiger partial charge in [0.05, 0.1) is 0 Å². The number of carboxylic acid groups (broad SMARTS) is 1. The number of amides is 1. The maximum absolute atomic E-state index is 12.4. The first-order chi connectivity index (χ1) is 11.3. The summed E-state index contributed by atoms with van der Waals surface area (Å²) in [5.74, 6) is 1.01. The summed E-state index contributed by atoms with van der Waals surface area (Å²) in [6.07, 6.45) is 1.30. The zero-order valence-electron chi connectivity index (χ0n) is 14.7. The van der Waals surface area contributed by atoms with E-state index in [1.54, 1.807) is 11.8 Å². The van der Waals surface area contributed by atoms with Crippen molar-refractivity contribution in [3.8, 4) is 0 Å². The first kappa shape index (κ1) is 18.8. The van der Waals surface area contributed by atoms with Crippen molar-refractivity contribution in [3.05, 3.63) is 35.4 Å². The van der Waals surface area contributed by atoms with Crippen LogP contribution in [0.2, 0.25) is 0 Å². The Balaban J connectivity index is 1.98. The van der Waals surface area contributed by atoms with Crippen LogP contribution in [0.25, 0.3) is 0 Å². The van der Waals surface area contributed by atoms with E-state index in [9.17, 15) is 14.7 Å². The first-order valence-electron chi connectivity index (χ1n) is 8.56. The predicted octanol–water partition coefficient (Wildman–Crippen LogP) is 3.77. The molecule has 1 aromatic rings. The van der Waals surface area contributed by atoms with E-state index in [-0.39, 0.29) is 11.8 Å². The minimum absolute atomic E-state index is 0.0648. The number of carboxylic acids is 1. The monoisotopic (exact) mass is 349 g/mol. The van der Waals surface area contributed by atoms with Gasteiger partial charge in [0.25, 0.3) is 0 Å². The van der Waals surface area contributed by atoms with Gasteiger partial charge >= 0.3 is 5.97 Å². The average molecular weight is 349 g/mol. The summed E-state index contributed by atoms with van der Waals surface area (Å²) in [6.45, 7) is 6.31. The summed E-state index contributed by atoms with van der Waals surface area (Å²) in [5.41, 5.74) is 1.31. The molecular weight excluding hydrogens is 322 g/mol. The SMILES string of the molecule is CC(C)c1ccc(C(C)CC(=O)NC2(C(=O)O)CCSCC2)cc1. The van der Waals surface area contributed by atoms with Crippen LogP contribution in [-0.4, -0.2) is 34.0 Å². The lowest BCUT2D eigenvalue weighted by Crippen LogP contribution is -2.56. The number of rotatable bonds is 6. The van der Waals surface area contributed by atoms with E-state index < -0.39 is 11.5 Å². The Labute approximate surface area is 148 Å². The summed E-state index contributed by atoms with van der Waals surface area (Å²) in [4.78, 5) is 24.0. The summed E-state index contributed by atoms with van der Waals surface area (Å²) in [7, 11) is 0. The number of thioether (sulfide) groups is 1. The number of benzene rings is 1. The fraction of sp³-hybridized carbons (Fsp3) is 0.579. The van der Waals surface area contributed by atoms with Crippen molar-refractivity contribution in [2.75, 3.05) is 11.5 Å². The fourth-order valence-electron chi connectivity index (χ4n) is 3.04. The topological polar surface area (TPSA) is 66.4 Å². The molecular formula is C19H27NO3S. The van der Waals surface area contributed by atoms with Crippen LogP contribution >= 0.6 is 11.8 Å². The molecule has 0 spiro atoms. The average Bonchev–Trinajstić information content (AvgIpc) is 2.55. The van der Waals surface area contributed by atoms with Gasteiger partial charge in [-0.3, -0.25) is 4.79 Å². The van der Waals surface area contributed by atoms with Gasteiger partial charge in [0, 0.05) is 6.42 Å². The normalized spacial score (nSPS) is 18.2. The minimum Gasteiger partial charge on any atom is -0.480 e. The van der Waals surface area contributed by atoms with E-state index in [4.69, 9.17) is 0 Å². The van der Waals surface area contributed by atoms with Gasteiger partial charge < -0.3 is 10.4 Å². The molecule has 2 N–H and O–H groups in total. The van der Waals surface area contributed by atoms with Crippen LogP contribution in [0, 0.1) is 0 Å². The summed E-state index contributed by atoms with van der Waals surface area (Å²) in [6, 6.07) is 8.34. The van der Waals surface area contributed by atoms with Gasteiger partial charge in [-0.15, -0.1) is 0 Å². The Hall–Kier alpha value is -1.49. The number of carbonyl (C=O) groups excluding carboxylic acids is 1. The molecule has 0 aromatic heterocycles. The Morgan fingerprint density at radius 1 is 1.12 bits per heavy atom. The Morgan fingerprint density at radius 3 is 2.17 bits per heavy atom. The van der Waals surface area contributed by atoms with Crippen molar-refractivity contribution in [2.24, 2.45) is 0 Å². The van der Waals surface area contributed by atoms with Crippen molar-refractivity contribution >= 4 is 23.6 Å². The molecule has 1 heterocycles. The summed E-state index contributed by atoms with van der Waals surface area (Å²) >= 11 is 1.74. The van der Waals surface area contributed by atoms with E-state index in [1.165, 1.54) is 5.56 Å². The molecule has 1 aliphatic rings. The molecule has 0 radical (unpaired) electrons. The lowest BCUT2D eigenvalue weighted by molar-refractivity contribution is -0.148. The van der Waals surface area contributed by atoms with Crippen LogP contribution in [-0.2, 0) is 9.59 Å².